The van der Waals surface area contributed by atoms with Gasteiger partial charge in [0.1, 0.15) is 0 Å². The standard InChI is InChI=1S/C10H11BrN2O2/c1-2-3-9(13-10(14)15)7-4-8(11)6-12-5-7/h2,4-6,9,13H,1,3H2,(H,14,15). The molecule has 80 valence electrons. The Morgan fingerprint density at radius 2 is 2.47 bits per heavy atom. The maximum absolute atomic E-state index is 10.6. The maximum atomic E-state index is 10.6. The second-order valence-electron chi connectivity index (χ2n) is 2.96. The molecule has 1 aromatic rings. The molecule has 0 aromatic carbocycles. The van der Waals surface area contributed by atoms with Crippen LogP contribution in [0, 0.1) is 0 Å². The van der Waals surface area contributed by atoms with Gasteiger partial charge in [0.25, 0.3) is 0 Å². The fraction of sp³-hybridized carbons (Fsp3) is 0.200. The summed E-state index contributed by atoms with van der Waals surface area (Å²) in [6, 6.07) is 1.53. The van der Waals surface area contributed by atoms with Gasteiger partial charge >= 0.3 is 6.09 Å². The van der Waals surface area contributed by atoms with Crippen molar-refractivity contribution in [1.82, 2.24) is 10.3 Å². The Morgan fingerprint density at radius 1 is 1.73 bits per heavy atom. The van der Waals surface area contributed by atoms with Gasteiger partial charge in [-0.3, -0.25) is 4.98 Å². The molecule has 1 atom stereocenters. The van der Waals surface area contributed by atoms with Crippen LogP contribution in [0.3, 0.4) is 0 Å². The number of nitrogens with one attached hydrogen (secondary N) is 1. The summed E-state index contributed by atoms with van der Waals surface area (Å²) in [4.78, 5) is 14.5. The van der Waals surface area contributed by atoms with Crippen LogP contribution < -0.4 is 5.32 Å². The number of carbonyl (C=O) groups is 1. The highest BCUT2D eigenvalue weighted by Crippen LogP contribution is 2.19. The molecule has 0 radical (unpaired) electrons. The predicted octanol–water partition coefficient (Wildman–Crippen LogP) is 2.73. The monoisotopic (exact) mass is 270 g/mol. The number of halogens is 1. The molecule has 0 aliphatic carbocycles. The zero-order valence-corrected chi connectivity index (χ0v) is 9.57. The second-order valence-corrected chi connectivity index (χ2v) is 3.88. The molecular formula is C10H11BrN2O2. The van der Waals surface area contributed by atoms with Crippen LogP contribution in [0.25, 0.3) is 0 Å². The van der Waals surface area contributed by atoms with Crippen LogP contribution in [0.5, 0.6) is 0 Å². The first-order chi connectivity index (χ1) is 7.13. The van der Waals surface area contributed by atoms with Crippen molar-refractivity contribution in [3.8, 4) is 0 Å². The molecular weight excluding hydrogens is 260 g/mol. The highest BCUT2D eigenvalue weighted by Gasteiger charge is 2.12. The smallest absolute Gasteiger partial charge is 0.405 e. The quantitative estimate of drug-likeness (QED) is 0.827. The minimum absolute atomic E-state index is 0.301. The van der Waals surface area contributed by atoms with E-state index in [9.17, 15) is 4.79 Å². The van der Waals surface area contributed by atoms with E-state index in [1.807, 2.05) is 6.07 Å². The van der Waals surface area contributed by atoms with E-state index in [4.69, 9.17) is 5.11 Å². The van der Waals surface area contributed by atoms with E-state index in [1.165, 1.54) is 0 Å². The van der Waals surface area contributed by atoms with Crippen LogP contribution in [-0.2, 0) is 0 Å². The van der Waals surface area contributed by atoms with Gasteiger partial charge in [-0.05, 0) is 34.0 Å². The first-order valence-electron chi connectivity index (χ1n) is 4.34. The van der Waals surface area contributed by atoms with Gasteiger partial charge in [0.2, 0.25) is 0 Å². The Hall–Kier alpha value is -1.36. The van der Waals surface area contributed by atoms with Crippen molar-refractivity contribution in [2.45, 2.75) is 12.5 Å². The lowest BCUT2D eigenvalue weighted by Gasteiger charge is -2.15. The van der Waals surface area contributed by atoms with E-state index >= 15 is 0 Å². The average Bonchev–Trinajstić information content (AvgIpc) is 2.16. The Morgan fingerprint density at radius 3 is 3.00 bits per heavy atom. The minimum Gasteiger partial charge on any atom is -0.465 e. The number of hydrogen-bond acceptors (Lipinski definition) is 2. The Kier molecular flexibility index (Phi) is 4.30. The molecule has 4 nitrogen and oxygen atoms in total. The molecule has 5 heteroatoms. The average molecular weight is 271 g/mol. The minimum atomic E-state index is -1.05. The summed E-state index contributed by atoms with van der Waals surface area (Å²) in [5.41, 5.74) is 0.812. The van der Waals surface area contributed by atoms with E-state index in [0.717, 1.165) is 10.0 Å². The molecule has 0 spiro atoms. The number of amides is 1. The molecule has 0 aliphatic rings. The summed E-state index contributed by atoms with van der Waals surface area (Å²) in [6.07, 6.45) is 4.43. The molecule has 1 unspecified atom stereocenters. The Balaban J connectivity index is 2.87. The van der Waals surface area contributed by atoms with Crippen molar-refractivity contribution in [1.29, 1.82) is 0 Å². The number of pyridine rings is 1. The summed E-state index contributed by atoms with van der Waals surface area (Å²) in [7, 11) is 0. The summed E-state index contributed by atoms with van der Waals surface area (Å²) < 4.78 is 0.821. The normalized spacial score (nSPS) is 11.8. The second kappa shape index (κ2) is 5.50. The van der Waals surface area contributed by atoms with Gasteiger partial charge in [-0.1, -0.05) is 6.08 Å². The fourth-order valence-corrected chi connectivity index (χ4v) is 1.60. The zero-order valence-electron chi connectivity index (χ0n) is 7.98. The Bertz CT molecular complexity index is 368. The fourth-order valence-electron chi connectivity index (χ4n) is 1.21. The molecule has 0 fully saturated rings. The summed E-state index contributed by atoms with van der Waals surface area (Å²) >= 11 is 3.28. The highest BCUT2D eigenvalue weighted by molar-refractivity contribution is 9.10. The number of nitrogens with zero attached hydrogens (tertiary/aromatic N) is 1. The molecule has 1 heterocycles. The third-order valence-corrected chi connectivity index (χ3v) is 2.26. The van der Waals surface area contributed by atoms with E-state index in [2.05, 4.69) is 32.8 Å². The van der Waals surface area contributed by atoms with E-state index in [-0.39, 0.29) is 6.04 Å². The van der Waals surface area contributed by atoms with Crippen LogP contribution in [0.1, 0.15) is 18.0 Å². The van der Waals surface area contributed by atoms with Gasteiger partial charge in [-0.2, -0.15) is 0 Å². The van der Waals surface area contributed by atoms with Gasteiger partial charge in [0.05, 0.1) is 6.04 Å². The Labute approximate surface area is 96.2 Å². The van der Waals surface area contributed by atoms with Crippen molar-refractivity contribution in [3.63, 3.8) is 0 Å². The van der Waals surface area contributed by atoms with Crippen molar-refractivity contribution in [3.05, 3.63) is 41.2 Å². The number of hydrogen-bond donors (Lipinski definition) is 2. The topological polar surface area (TPSA) is 62.2 Å². The molecule has 1 aromatic heterocycles. The summed E-state index contributed by atoms with van der Waals surface area (Å²) in [5.74, 6) is 0. The van der Waals surface area contributed by atoms with E-state index in [0.29, 0.717) is 6.42 Å². The highest BCUT2D eigenvalue weighted by atomic mass is 79.9. The molecule has 0 bridgehead atoms. The van der Waals surface area contributed by atoms with Crippen LogP contribution >= 0.6 is 15.9 Å². The van der Waals surface area contributed by atoms with Crippen molar-refractivity contribution in [2.75, 3.05) is 0 Å². The third kappa shape index (κ3) is 3.71. The van der Waals surface area contributed by atoms with E-state index < -0.39 is 6.09 Å². The molecule has 1 rings (SSSR count). The first-order valence-corrected chi connectivity index (χ1v) is 5.13. The van der Waals surface area contributed by atoms with Crippen molar-refractivity contribution < 1.29 is 9.90 Å². The van der Waals surface area contributed by atoms with Crippen LogP contribution in [0.2, 0.25) is 0 Å². The number of aromatic nitrogens is 1. The van der Waals surface area contributed by atoms with Crippen molar-refractivity contribution in [2.24, 2.45) is 0 Å². The lowest BCUT2D eigenvalue weighted by Crippen LogP contribution is -2.26. The van der Waals surface area contributed by atoms with Crippen molar-refractivity contribution >= 4 is 22.0 Å². The maximum Gasteiger partial charge on any atom is 0.405 e. The van der Waals surface area contributed by atoms with Gasteiger partial charge in [0, 0.05) is 16.9 Å². The summed E-state index contributed by atoms with van der Waals surface area (Å²) in [5, 5.41) is 11.1. The molecule has 15 heavy (non-hydrogen) atoms. The zero-order chi connectivity index (χ0) is 11.3. The van der Waals surface area contributed by atoms with Gasteiger partial charge in [-0.15, -0.1) is 6.58 Å². The van der Waals surface area contributed by atoms with E-state index in [1.54, 1.807) is 18.5 Å². The van der Waals surface area contributed by atoms with Gasteiger partial charge in [-0.25, -0.2) is 4.79 Å². The third-order valence-electron chi connectivity index (χ3n) is 1.83. The molecule has 0 saturated heterocycles. The first kappa shape index (κ1) is 11.7. The lowest BCUT2D eigenvalue weighted by atomic mass is 10.1. The molecule has 0 saturated carbocycles. The number of rotatable bonds is 4. The van der Waals surface area contributed by atoms with Crippen LogP contribution in [0.4, 0.5) is 4.79 Å². The summed E-state index contributed by atoms with van der Waals surface area (Å²) in [6.45, 7) is 3.59. The molecule has 0 aliphatic heterocycles. The molecule has 1 amide bonds. The van der Waals surface area contributed by atoms with Crippen LogP contribution in [-0.4, -0.2) is 16.2 Å². The molecule has 2 N–H and O–H groups in total. The number of carboxylic acid groups (broad SMARTS) is 1. The van der Waals surface area contributed by atoms with Crippen LogP contribution in [0.15, 0.2) is 35.6 Å². The van der Waals surface area contributed by atoms with Gasteiger partial charge < -0.3 is 10.4 Å². The lowest BCUT2D eigenvalue weighted by molar-refractivity contribution is 0.190. The SMILES string of the molecule is C=CCC(NC(=O)O)c1cncc(Br)c1. The van der Waals surface area contributed by atoms with Gasteiger partial charge in [0.15, 0.2) is 0 Å². The largest absolute Gasteiger partial charge is 0.465 e. The predicted molar refractivity (Wildman–Crippen MR) is 60.7 cm³/mol.